The molecule has 190 valence electrons. The van der Waals surface area contributed by atoms with Crippen molar-refractivity contribution in [3.8, 4) is 16.9 Å². The number of carbonyl (C=O) groups is 2. The Morgan fingerprint density at radius 1 is 1.06 bits per heavy atom. The molecule has 0 aliphatic heterocycles. The molecule has 0 amide bonds. The zero-order valence-corrected chi connectivity index (χ0v) is 21.6. The second-order valence-electron chi connectivity index (χ2n) is 9.21. The van der Waals surface area contributed by atoms with E-state index in [-0.39, 0.29) is 17.5 Å². The van der Waals surface area contributed by atoms with Gasteiger partial charge in [0.05, 0.1) is 23.1 Å². The Kier molecular flexibility index (Phi) is 9.95. The lowest BCUT2D eigenvalue weighted by Gasteiger charge is -2.14. The number of unbranched alkanes of at least 4 members (excludes halogenated alkanes) is 2. The first-order valence-electron chi connectivity index (χ1n) is 12.3. The number of fused-ring (bicyclic) bond motifs is 1. The summed E-state index contributed by atoms with van der Waals surface area (Å²) >= 11 is 6.23. The van der Waals surface area contributed by atoms with Crippen molar-refractivity contribution in [2.75, 3.05) is 13.2 Å². The van der Waals surface area contributed by atoms with Gasteiger partial charge in [0.2, 0.25) is 0 Å². The van der Waals surface area contributed by atoms with Crippen molar-refractivity contribution in [2.45, 2.75) is 44.9 Å². The first kappa shape index (κ1) is 27.3. The van der Waals surface area contributed by atoms with Gasteiger partial charge in [0.25, 0.3) is 0 Å². The van der Waals surface area contributed by atoms with E-state index in [1.54, 1.807) is 36.4 Å². The number of carboxylic acids is 1. The molecule has 0 bridgehead atoms. The molecule has 5 nitrogen and oxygen atoms in total. The molecule has 6 heteroatoms. The number of halogens is 1. The average Bonchev–Trinajstić information content (AvgIpc) is 2.86. The normalized spacial score (nSPS) is 11.9. The Hall–Kier alpha value is -3.31. The van der Waals surface area contributed by atoms with Gasteiger partial charge in [-0.15, -0.1) is 18.2 Å². The number of alkyl halides is 1. The third-order valence-corrected chi connectivity index (χ3v) is 6.13. The Balaban J connectivity index is 1.82. The second-order valence-corrected chi connectivity index (χ2v) is 9.83. The van der Waals surface area contributed by atoms with Crippen molar-refractivity contribution in [3.05, 3.63) is 78.4 Å². The van der Waals surface area contributed by atoms with E-state index >= 15 is 0 Å². The van der Waals surface area contributed by atoms with Gasteiger partial charge in [0.15, 0.2) is 0 Å². The highest BCUT2D eigenvalue weighted by atomic mass is 35.5. The molecule has 3 aromatic rings. The molecule has 3 rings (SSSR count). The van der Waals surface area contributed by atoms with Crippen LogP contribution in [0.4, 0.5) is 0 Å². The van der Waals surface area contributed by atoms with E-state index in [0.717, 1.165) is 42.2 Å². The molecule has 0 radical (unpaired) electrons. The summed E-state index contributed by atoms with van der Waals surface area (Å²) in [4.78, 5) is 24.5. The van der Waals surface area contributed by atoms with Gasteiger partial charge in [-0.25, -0.2) is 9.59 Å². The molecular weight excluding hydrogens is 476 g/mol. The Morgan fingerprint density at radius 2 is 1.81 bits per heavy atom. The Labute approximate surface area is 217 Å². The van der Waals surface area contributed by atoms with Crippen molar-refractivity contribution in [1.29, 1.82) is 0 Å². The molecule has 0 spiro atoms. The average molecular weight is 509 g/mol. The first-order chi connectivity index (χ1) is 17.3. The molecule has 1 atom stereocenters. The smallest absolute Gasteiger partial charge is 0.338 e. The van der Waals surface area contributed by atoms with Gasteiger partial charge in [-0.1, -0.05) is 44.2 Å². The van der Waals surface area contributed by atoms with E-state index in [1.165, 1.54) is 0 Å². The fourth-order valence-corrected chi connectivity index (χ4v) is 4.49. The van der Waals surface area contributed by atoms with E-state index in [0.29, 0.717) is 29.2 Å². The quantitative estimate of drug-likeness (QED) is 0.110. The molecule has 3 aromatic carbocycles. The fraction of sp³-hybridized carbons (Fsp3) is 0.333. The summed E-state index contributed by atoms with van der Waals surface area (Å²) in [6.45, 7) is 8.61. The largest absolute Gasteiger partial charge is 0.494 e. The maximum Gasteiger partial charge on any atom is 0.338 e. The van der Waals surface area contributed by atoms with Gasteiger partial charge >= 0.3 is 11.9 Å². The van der Waals surface area contributed by atoms with Crippen LogP contribution in [0.5, 0.6) is 5.75 Å². The van der Waals surface area contributed by atoms with Gasteiger partial charge < -0.3 is 14.6 Å². The highest BCUT2D eigenvalue weighted by molar-refractivity contribution is 6.20. The van der Waals surface area contributed by atoms with Crippen LogP contribution in [0.25, 0.3) is 21.9 Å². The highest BCUT2D eigenvalue weighted by Crippen LogP contribution is 2.34. The lowest BCUT2D eigenvalue weighted by atomic mass is 9.92. The van der Waals surface area contributed by atoms with Crippen molar-refractivity contribution >= 4 is 34.3 Å². The fourth-order valence-electron chi connectivity index (χ4n) is 4.07. The molecule has 0 aromatic heterocycles. The highest BCUT2D eigenvalue weighted by Gasteiger charge is 2.17. The number of aromatic carboxylic acids is 1. The Bertz CT molecular complexity index is 1200. The molecule has 36 heavy (non-hydrogen) atoms. The summed E-state index contributed by atoms with van der Waals surface area (Å²) in [5.41, 5.74) is 1.86. The molecule has 0 fully saturated rings. The molecule has 1 N–H and O–H groups in total. The topological polar surface area (TPSA) is 72.8 Å². The first-order valence-corrected chi connectivity index (χ1v) is 12.7. The van der Waals surface area contributed by atoms with Crippen LogP contribution in [0, 0.1) is 5.92 Å². The van der Waals surface area contributed by atoms with Gasteiger partial charge in [-0.2, -0.15) is 0 Å². The van der Waals surface area contributed by atoms with E-state index in [9.17, 15) is 14.7 Å². The number of esters is 1. The second kappa shape index (κ2) is 13.1. The maximum absolute atomic E-state index is 12.5. The van der Waals surface area contributed by atoms with Crippen LogP contribution in [0.1, 0.15) is 60.2 Å². The lowest BCUT2D eigenvalue weighted by molar-refractivity contribution is 0.0498. The Morgan fingerprint density at radius 3 is 2.47 bits per heavy atom. The van der Waals surface area contributed by atoms with Gasteiger partial charge in [0, 0.05) is 5.56 Å². The zero-order chi connectivity index (χ0) is 26.1. The number of hydrogen-bond acceptors (Lipinski definition) is 4. The number of ether oxygens (including phenoxy) is 2. The standard InChI is InChI=1S/C30H33ClO5/c1-4-5-6-7-16-35-25-13-15-26-23(18-25)12-14-27(29(32)33)28(26)21-8-10-22(11-9-21)30(34)36-19-24(31)17-20(2)3/h4,8-15,18,20,24H,1,5-7,16-17,19H2,2-3H3,(H,32,33). The van der Waals surface area contributed by atoms with Crippen molar-refractivity contribution in [1.82, 2.24) is 0 Å². The third kappa shape index (κ3) is 7.34. The molecule has 0 saturated carbocycles. The number of allylic oxidation sites excluding steroid dienone is 1. The minimum Gasteiger partial charge on any atom is -0.494 e. The summed E-state index contributed by atoms with van der Waals surface area (Å²) in [6, 6.07) is 15.8. The molecule has 0 saturated heterocycles. The van der Waals surface area contributed by atoms with Gasteiger partial charge in [-0.3, -0.25) is 0 Å². The zero-order valence-electron chi connectivity index (χ0n) is 20.8. The predicted molar refractivity (Wildman–Crippen MR) is 145 cm³/mol. The molecule has 0 aliphatic carbocycles. The maximum atomic E-state index is 12.5. The minimum atomic E-state index is -1.02. The van der Waals surface area contributed by atoms with Gasteiger partial charge in [-0.05, 0) is 78.3 Å². The summed E-state index contributed by atoms with van der Waals surface area (Å²) in [7, 11) is 0. The van der Waals surface area contributed by atoms with Crippen molar-refractivity contribution < 1.29 is 24.2 Å². The molecular formula is C30H33ClO5. The number of hydrogen-bond donors (Lipinski definition) is 1. The molecule has 1 unspecified atom stereocenters. The van der Waals surface area contributed by atoms with Crippen LogP contribution < -0.4 is 4.74 Å². The lowest BCUT2D eigenvalue weighted by Crippen LogP contribution is -2.16. The minimum absolute atomic E-state index is 0.144. The summed E-state index contributed by atoms with van der Waals surface area (Å²) in [5, 5.41) is 11.3. The van der Waals surface area contributed by atoms with E-state index < -0.39 is 11.9 Å². The van der Waals surface area contributed by atoms with Crippen LogP contribution in [-0.4, -0.2) is 35.6 Å². The third-order valence-electron chi connectivity index (χ3n) is 5.82. The summed E-state index contributed by atoms with van der Waals surface area (Å²) in [6.07, 6.45) is 5.58. The summed E-state index contributed by atoms with van der Waals surface area (Å²) < 4.78 is 11.2. The van der Waals surface area contributed by atoms with Crippen LogP contribution in [-0.2, 0) is 4.74 Å². The predicted octanol–water partition coefficient (Wildman–Crippen LogP) is 7.75. The number of rotatable bonds is 13. The van der Waals surface area contributed by atoms with E-state index in [1.807, 2.05) is 24.3 Å². The summed E-state index contributed by atoms with van der Waals surface area (Å²) in [5.74, 6) is -0.318. The van der Waals surface area contributed by atoms with Crippen LogP contribution >= 0.6 is 11.6 Å². The van der Waals surface area contributed by atoms with E-state index in [2.05, 4.69) is 20.4 Å². The molecule has 0 heterocycles. The van der Waals surface area contributed by atoms with Crippen LogP contribution in [0.3, 0.4) is 0 Å². The molecule has 0 aliphatic rings. The van der Waals surface area contributed by atoms with Crippen LogP contribution in [0.15, 0.2) is 67.3 Å². The van der Waals surface area contributed by atoms with E-state index in [4.69, 9.17) is 21.1 Å². The number of carboxylic acid groups (broad SMARTS) is 1. The van der Waals surface area contributed by atoms with Crippen molar-refractivity contribution in [2.24, 2.45) is 5.92 Å². The monoisotopic (exact) mass is 508 g/mol. The number of benzene rings is 3. The van der Waals surface area contributed by atoms with Crippen molar-refractivity contribution in [3.63, 3.8) is 0 Å². The SMILES string of the molecule is C=CCCCCOc1ccc2c(-c3ccc(C(=O)OCC(Cl)CC(C)C)cc3)c(C(=O)O)ccc2c1. The number of carbonyl (C=O) groups excluding carboxylic acids is 1. The van der Waals surface area contributed by atoms with Crippen LogP contribution in [0.2, 0.25) is 0 Å². The van der Waals surface area contributed by atoms with Gasteiger partial charge in [0.1, 0.15) is 12.4 Å².